The van der Waals surface area contributed by atoms with Gasteiger partial charge in [0.05, 0.1) is 6.54 Å². The average molecular weight is 305 g/mol. The van der Waals surface area contributed by atoms with E-state index in [9.17, 15) is 9.90 Å². The Balaban J connectivity index is 1.75. The highest BCUT2D eigenvalue weighted by molar-refractivity contribution is 6.31. The molecular formula is C16H17ClN2O2. The Kier molecular flexibility index (Phi) is 5.60. The molecule has 0 spiro atoms. The lowest BCUT2D eigenvalue weighted by atomic mass is 10.2. The van der Waals surface area contributed by atoms with Crippen molar-refractivity contribution in [1.82, 2.24) is 10.6 Å². The van der Waals surface area contributed by atoms with Crippen LogP contribution in [-0.2, 0) is 17.9 Å². The van der Waals surface area contributed by atoms with Gasteiger partial charge in [0.15, 0.2) is 0 Å². The zero-order valence-corrected chi connectivity index (χ0v) is 12.2. The summed E-state index contributed by atoms with van der Waals surface area (Å²) in [5.74, 6) is 0.0186. The van der Waals surface area contributed by atoms with Gasteiger partial charge >= 0.3 is 0 Å². The van der Waals surface area contributed by atoms with Gasteiger partial charge in [-0.3, -0.25) is 4.79 Å². The number of aromatic hydroxyl groups is 1. The molecule has 2 rings (SSSR count). The molecule has 0 unspecified atom stereocenters. The number of phenols is 1. The Hall–Kier alpha value is -2.04. The fourth-order valence-electron chi connectivity index (χ4n) is 1.88. The summed E-state index contributed by atoms with van der Waals surface area (Å²) in [5, 5.41) is 15.9. The summed E-state index contributed by atoms with van der Waals surface area (Å²) in [6.45, 7) is 1.00. The van der Waals surface area contributed by atoms with Crippen LogP contribution in [0, 0.1) is 0 Å². The van der Waals surface area contributed by atoms with E-state index in [1.807, 2.05) is 30.3 Å². The van der Waals surface area contributed by atoms with Crippen LogP contribution in [0.1, 0.15) is 11.1 Å². The van der Waals surface area contributed by atoms with Crippen molar-refractivity contribution < 1.29 is 9.90 Å². The highest BCUT2D eigenvalue weighted by atomic mass is 35.5. The molecule has 0 saturated heterocycles. The van der Waals surface area contributed by atoms with E-state index >= 15 is 0 Å². The van der Waals surface area contributed by atoms with E-state index in [0.717, 1.165) is 5.56 Å². The minimum Gasteiger partial charge on any atom is -0.508 e. The van der Waals surface area contributed by atoms with Crippen molar-refractivity contribution in [2.45, 2.75) is 13.1 Å². The van der Waals surface area contributed by atoms with Gasteiger partial charge in [-0.1, -0.05) is 48.0 Å². The highest BCUT2D eigenvalue weighted by Crippen LogP contribution is 2.24. The number of carbonyl (C=O) groups excluding carboxylic acids is 1. The van der Waals surface area contributed by atoms with Crippen molar-refractivity contribution in [3.8, 4) is 5.75 Å². The van der Waals surface area contributed by atoms with E-state index in [-0.39, 0.29) is 18.2 Å². The monoisotopic (exact) mass is 304 g/mol. The molecule has 110 valence electrons. The Morgan fingerprint density at radius 2 is 1.81 bits per heavy atom. The van der Waals surface area contributed by atoms with Gasteiger partial charge in [0.25, 0.3) is 0 Å². The van der Waals surface area contributed by atoms with Gasteiger partial charge in [0, 0.05) is 23.7 Å². The van der Waals surface area contributed by atoms with Crippen molar-refractivity contribution in [3.05, 3.63) is 64.7 Å². The van der Waals surface area contributed by atoms with Crippen molar-refractivity contribution >= 4 is 17.5 Å². The molecule has 0 saturated carbocycles. The Morgan fingerprint density at radius 3 is 2.52 bits per heavy atom. The van der Waals surface area contributed by atoms with Gasteiger partial charge in [0.2, 0.25) is 5.91 Å². The van der Waals surface area contributed by atoms with Crippen LogP contribution in [0.15, 0.2) is 48.5 Å². The number of carbonyl (C=O) groups is 1. The van der Waals surface area contributed by atoms with Crippen LogP contribution in [0.4, 0.5) is 0 Å². The summed E-state index contributed by atoms with van der Waals surface area (Å²) in [7, 11) is 0. The molecule has 0 aliphatic rings. The van der Waals surface area contributed by atoms with Crippen molar-refractivity contribution in [1.29, 1.82) is 0 Å². The lowest BCUT2D eigenvalue weighted by Crippen LogP contribution is -2.33. The van der Waals surface area contributed by atoms with E-state index < -0.39 is 0 Å². The second-order valence-corrected chi connectivity index (χ2v) is 5.01. The first-order valence-electron chi connectivity index (χ1n) is 6.64. The third-order valence-corrected chi connectivity index (χ3v) is 3.37. The number of phenolic OH excluding ortho intramolecular Hbond substituents is 1. The number of halogens is 1. The molecule has 0 aliphatic heterocycles. The number of hydrogen-bond acceptors (Lipinski definition) is 3. The van der Waals surface area contributed by atoms with E-state index in [2.05, 4.69) is 10.6 Å². The zero-order valence-electron chi connectivity index (χ0n) is 11.5. The van der Waals surface area contributed by atoms with Gasteiger partial charge in [-0.05, 0) is 17.7 Å². The zero-order chi connectivity index (χ0) is 15.1. The Morgan fingerprint density at radius 1 is 1.05 bits per heavy atom. The van der Waals surface area contributed by atoms with Gasteiger partial charge in [-0.15, -0.1) is 0 Å². The summed E-state index contributed by atoms with van der Waals surface area (Å²) in [6, 6.07) is 14.6. The smallest absolute Gasteiger partial charge is 0.234 e. The highest BCUT2D eigenvalue weighted by Gasteiger charge is 2.06. The summed E-state index contributed by atoms with van der Waals surface area (Å²) in [4.78, 5) is 11.7. The minimum atomic E-state index is -0.106. The Bertz CT molecular complexity index is 582. The van der Waals surface area contributed by atoms with Gasteiger partial charge in [-0.2, -0.15) is 0 Å². The van der Waals surface area contributed by atoms with Gasteiger partial charge in [-0.25, -0.2) is 0 Å². The normalized spacial score (nSPS) is 10.3. The number of rotatable bonds is 6. The summed E-state index contributed by atoms with van der Waals surface area (Å²) in [6.07, 6.45) is 0. The van der Waals surface area contributed by atoms with Crippen molar-refractivity contribution in [2.75, 3.05) is 6.54 Å². The maximum absolute atomic E-state index is 11.7. The molecule has 4 nitrogen and oxygen atoms in total. The van der Waals surface area contributed by atoms with Crippen LogP contribution in [-0.4, -0.2) is 17.6 Å². The molecule has 21 heavy (non-hydrogen) atoms. The number of hydrogen-bond donors (Lipinski definition) is 3. The number of benzene rings is 2. The standard InChI is InChI=1S/C16H17ClN2O2/c17-14-7-4-8-15(20)13(14)10-18-11-16(21)19-9-12-5-2-1-3-6-12/h1-8,18,20H,9-11H2,(H,19,21). The maximum Gasteiger partial charge on any atom is 0.234 e. The average Bonchev–Trinajstić information content (AvgIpc) is 2.49. The molecule has 2 aromatic rings. The summed E-state index contributed by atoms with van der Waals surface area (Å²) < 4.78 is 0. The van der Waals surface area contributed by atoms with E-state index in [0.29, 0.717) is 23.7 Å². The molecule has 0 atom stereocenters. The SMILES string of the molecule is O=C(CNCc1c(O)cccc1Cl)NCc1ccccc1. The van der Waals surface area contributed by atoms with E-state index in [4.69, 9.17) is 11.6 Å². The molecule has 5 heteroatoms. The first-order chi connectivity index (χ1) is 10.2. The third-order valence-electron chi connectivity index (χ3n) is 3.01. The second-order valence-electron chi connectivity index (χ2n) is 4.60. The van der Waals surface area contributed by atoms with Crippen LogP contribution in [0.25, 0.3) is 0 Å². The largest absolute Gasteiger partial charge is 0.508 e. The second kappa shape index (κ2) is 7.67. The molecule has 0 aliphatic carbocycles. The Labute approximate surface area is 128 Å². The van der Waals surface area contributed by atoms with Crippen LogP contribution in [0.5, 0.6) is 5.75 Å². The molecule has 0 fully saturated rings. The maximum atomic E-state index is 11.7. The molecule has 3 N–H and O–H groups in total. The predicted octanol–water partition coefficient (Wildman–Crippen LogP) is 2.45. The lowest BCUT2D eigenvalue weighted by Gasteiger charge is -2.09. The third kappa shape index (κ3) is 4.77. The molecular weight excluding hydrogens is 288 g/mol. The molecule has 0 aromatic heterocycles. The van der Waals surface area contributed by atoms with Crippen LogP contribution >= 0.6 is 11.6 Å². The molecule has 0 heterocycles. The molecule has 2 aromatic carbocycles. The number of amides is 1. The first kappa shape index (κ1) is 15.4. The topological polar surface area (TPSA) is 61.4 Å². The fraction of sp³-hybridized carbons (Fsp3) is 0.188. The van der Waals surface area contributed by atoms with Crippen LogP contribution in [0.3, 0.4) is 0 Å². The van der Waals surface area contributed by atoms with Crippen LogP contribution in [0.2, 0.25) is 5.02 Å². The molecule has 1 amide bonds. The minimum absolute atomic E-state index is 0.106. The van der Waals surface area contributed by atoms with Crippen molar-refractivity contribution in [2.24, 2.45) is 0 Å². The lowest BCUT2D eigenvalue weighted by molar-refractivity contribution is -0.120. The van der Waals surface area contributed by atoms with E-state index in [1.165, 1.54) is 0 Å². The first-order valence-corrected chi connectivity index (χ1v) is 7.02. The van der Waals surface area contributed by atoms with Crippen molar-refractivity contribution in [3.63, 3.8) is 0 Å². The summed E-state index contributed by atoms with van der Waals surface area (Å²) in [5.41, 5.74) is 1.64. The number of nitrogens with one attached hydrogen (secondary N) is 2. The molecule has 0 bridgehead atoms. The predicted molar refractivity (Wildman–Crippen MR) is 83.1 cm³/mol. The fourth-order valence-corrected chi connectivity index (χ4v) is 2.12. The molecule has 0 radical (unpaired) electrons. The summed E-state index contributed by atoms with van der Waals surface area (Å²) >= 11 is 5.99. The van der Waals surface area contributed by atoms with Gasteiger partial charge in [0.1, 0.15) is 5.75 Å². The quantitative estimate of drug-likeness (QED) is 0.768. The van der Waals surface area contributed by atoms with Gasteiger partial charge < -0.3 is 15.7 Å². The van der Waals surface area contributed by atoms with Crippen LogP contribution < -0.4 is 10.6 Å². The van der Waals surface area contributed by atoms with E-state index in [1.54, 1.807) is 18.2 Å².